The van der Waals surface area contributed by atoms with Crippen LogP contribution >= 0.6 is 11.6 Å². The summed E-state index contributed by atoms with van der Waals surface area (Å²) in [6.07, 6.45) is -2.68. The predicted molar refractivity (Wildman–Crippen MR) is 196 cm³/mol. The highest BCUT2D eigenvalue weighted by atomic mass is 35.5. The van der Waals surface area contributed by atoms with Gasteiger partial charge in [0, 0.05) is 69.7 Å². The summed E-state index contributed by atoms with van der Waals surface area (Å²) in [5.41, 5.74) is 3.31. The maximum absolute atomic E-state index is 14.0. The number of nitrogens with one attached hydrogen (secondary N) is 2. The van der Waals surface area contributed by atoms with Crippen molar-refractivity contribution in [1.82, 2.24) is 25.3 Å². The number of likely N-dealkylation sites (tertiary alicyclic amines) is 1. The zero-order valence-electron chi connectivity index (χ0n) is 30.9. The Kier molecular flexibility index (Phi) is 16.7. The third-order valence-corrected chi connectivity index (χ3v) is 10.7. The summed E-state index contributed by atoms with van der Waals surface area (Å²) >= 11 is 6.13. The summed E-state index contributed by atoms with van der Waals surface area (Å²) in [6, 6.07) is 14.8. The average molecular weight is 816 g/mol. The van der Waals surface area contributed by atoms with Crippen molar-refractivity contribution in [1.29, 1.82) is 0 Å². The van der Waals surface area contributed by atoms with Crippen LogP contribution in [0.25, 0.3) is 0 Å². The van der Waals surface area contributed by atoms with Crippen LogP contribution in [0, 0.1) is 5.92 Å². The number of rotatable bonds is 9. The second-order valence-corrected chi connectivity index (χ2v) is 14.8. The second kappa shape index (κ2) is 20.9. The summed E-state index contributed by atoms with van der Waals surface area (Å²) in [5.74, 6) is 0.487. The van der Waals surface area contributed by atoms with Gasteiger partial charge in [-0.05, 0) is 60.4 Å². The number of amides is 3. The Morgan fingerprint density at radius 2 is 1.32 bits per heavy atom. The van der Waals surface area contributed by atoms with Crippen molar-refractivity contribution in [3.05, 3.63) is 70.2 Å². The first-order valence-electron chi connectivity index (χ1n) is 18.8. The molecule has 2 aromatic rings. The van der Waals surface area contributed by atoms with Gasteiger partial charge in [0.15, 0.2) is 0 Å². The van der Waals surface area contributed by atoms with Gasteiger partial charge in [-0.15, -0.1) is 0 Å². The minimum Gasteiger partial charge on any atom is -0.344 e. The Balaban J connectivity index is 0.000000505. The number of piperazine rings is 1. The zero-order valence-corrected chi connectivity index (χ0v) is 31.7. The summed E-state index contributed by atoms with van der Waals surface area (Å²) in [7, 11) is 0. The fraction of sp³-hybridized carbons (Fsp3) is 0.564. The van der Waals surface area contributed by atoms with E-state index < -0.39 is 31.0 Å². The molecule has 3 fully saturated rings. The molecule has 3 aliphatic heterocycles. The first-order chi connectivity index (χ1) is 26.6. The van der Waals surface area contributed by atoms with Crippen LogP contribution in [-0.2, 0) is 36.9 Å². The molecule has 308 valence electrons. The molecule has 2 unspecified atom stereocenters. The van der Waals surface area contributed by atoms with Crippen molar-refractivity contribution in [3.8, 4) is 0 Å². The van der Waals surface area contributed by atoms with E-state index in [9.17, 15) is 40.7 Å². The van der Waals surface area contributed by atoms with Gasteiger partial charge < -0.3 is 20.4 Å². The molecule has 0 spiro atoms. The largest absolute Gasteiger partial charge is 0.446 e. The predicted octanol–water partition coefficient (Wildman–Crippen LogP) is 5.81. The van der Waals surface area contributed by atoms with E-state index in [2.05, 4.69) is 32.6 Å². The normalized spacial score (nSPS) is 20.0. The van der Waals surface area contributed by atoms with Gasteiger partial charge >= 0.3 is 12.4 Å². The van der Waals surface area contributed by atoms with E-state index in [1.165, 1.54) is 24.8 Å². The van der Waals surface area contributed by atoms with Gasteiger partial charge in [0.25, 0.3) is 0 Å². The molecule has 17 heteroatoms. The van der Waals surface area contributed by atoms with Gasteiger partial charge in [-0.3, -0.25) is 28.9 Å². The fourth-order valence-corrected chi connectivity index (χ4v) is 7.85. The number of hydrogen-bond donors (Lipinski definition) is 2. The van der Waals surface area contributed by atoms with E-state index in [0.717, 1.165) is 56.4 Å². The standard InChI is InChI=1S/C35H46ClN5O3.2C2HF3O/c36-28-14-12-25(13-15-28)22-31(38-32(42)23-30-29-11-5-4-10-27(29)24-37-30)34(43)41-20-18-39(19-21-41)33(26-8-2-1-3-9-26)35(44)40-16-6-7-17-40;2*3-2(4,5)1-6/h4-5,10-15,26,30-31,33,37H,1-3,6-9,16-24H2,(H,38,42);2*1H/t30?,31-,33?;;/m1../s1. The summed E-state index contributed by atoms with van der Waals surface area (Å²) in [4.78, 5) is 64.9. The quantitative estimate of drug-likeness (QED) is 0.242. The first kappa shape index (κ1) is 44.7. The number of carbonyl (C=O) groups is 5. The molecule has 4 aliphatic rings. The van der Waals surface area contributed by atoms with E-state index in [1.807, 2.05) is 41.3 Å². The van der Waals surface area contributed by atoms with Crippen LogP contribution in [-0.4, -0.2) is 109 Å². The van der Waals surface area contributed by atoms with Crippen LogP contribution in [0.3, 0.4) is 0 Å². The maximum Gasteiger partial charge on any atom is 0.446 e. The maximum atomic E-state index is 14.0. The Labute approximate surface area is 327 Å². The molecule has 10 nitrogen and oxygen atoms in total. The molecule has 3 atom stereocenters. The Bertz CT molecular complexity index is 1590. The fourth-order valence-electron chi connectivity index (χ4n) is 7.73. The molecule has 0 radical (unpaired) electrons. The van der Waals surface area contributed by atoms with Crippen LogP contribution < -0.4 is 10.6 Å². The van der Waals surface area contributed by atoms with Crippen molar-refractivity contribution in [2.75, 3.05) is 39.3 Å². The van der Waals surface area contributed by atoms with Gasteiger partial charge in [-0.1, -0.05) is 67.3 Å². The van der Waals surface area contributed by atoms with E-state index in [-0.39, 0.29) is 30.3 Å². The molecule has 2 aromatic carbocycles. The molecular formula is C39H48ClF6N5O5. The summed E-state index contributed by atoms with van der Waals surface area (Å²) in [5, 5.41) is 7.18. The van der Waals surface area contributed by atoms with Crippen molar-refractivity contribution in [2.24, 2.45) is 5.92 Å². The van der Waals surface area contributed by atoms with E-state index in [1.54, 1.807) is 0 Å². The SMILES string of the molecule is O=C(CC1NCc2ccccc21)N[C@H](Cc1ccc(Cl)cc1)C(=O)N1CCN(C(C(=O)N2CCCC2)C2CCCCC2)CC1.O=CC(F)(F)F.O=CC(F)(F)F. The number of hydrogen-bond acceptors (Lipinski definition) is 7. The highest BCUT2D eigenvalue weighted by Crippen LogP contribution is 2.32. The molecular weight excluding hydrogens is 768 g/mol. The van der Waals surface area contributed by atoms with Crippen LogP contribution in [0.2, 0.25) is 5.02 Å². The number of nitrogens with zero attached hydrogens (tertiary/aromatic N) is 3. The lowest BCUT2D eigenvalue weighted by molar-refractivity contribution is -0.156. The van der Waals surface area contributed by atoms with Crippen molar-refractivity contribution >= 4 is 41.9 Å². The molecule has 2 N–H and O–H groups in total. The Hall–Kier alpha value is -4.02. The summed E-state index contributed by atoms with van der Waals surface area (Å²) < 4.78 is 62.5. The number of benzene rings is 2. The van der Waals surface area contributed by atoms with Crippen molar-refractivity contribution < 1.29 is 50.3 Å². The van der Waals surface area contributed by atoms with Crippen molar-refractivity contribution in [2.45, 2.75) is 94.8 Å². The molecule has 0 bridgehead atoms. The van der Waals surface area contributed by atoms with E-state index >= 15 is 0 Å². The van der Waals surface area contributed by atoms with Gasteiger partial charge in [0.1, 0.15) is 6.04 Å². The van der Waals surface area contributed by atoms with Crippen LogP contribution in [0.4, 0.5) is 26.3 Å². The van der Waals surface area contributed by atoms with E-state index in [4.69, 9.17) is 21.2 Å². The molecule has 56 heavy (non-hydrogen) atoms. The number of aldehydes is 2. The van der Waals surface area contributed by atoms with Gasteiger partial charge in [-0.2, -0.15) is 26.3 Å². The molecule has 3 heterocycles. The lowest BCUT2D eigenvalue weighted by atomic mass is 9.82. The van der Waals surface area contributed by atoms with Gasteiger partial charge in [0.2, 0.25) is 30.3 Å². The zero-order chi connectivity index (χ0) is 40.9. The highest BCUT2D eigenvalue weighted by Gasteiger charge is 2.40. The second-order valence-electron chi connectivity index (χ2n) is 14.3. The topological polar surface area (TPSA) is 119 Å². The minimum atomic E-state index is -4.64. The van der Waals surface area contributed by atoms with E-state index in [0.29, 0.717) is 49.4 Å². The van der Waals surface area contributed by atoms with Crippen LogP contribution in [0.5, 0.6) is 0 Å². The molecule has 2 saturated heterocycles. The molecule has 3 amide bonds. The lowest BCUT2D eigenvalue weighted by Gasteiger charge is -2.44. The number of alkyl halides is 6. The molecule has 0 aromatic heterocycles. The molecule has 1 saturated carbocycles. The van der Waals surface area contributed by atoms with Crippen LogP contribution in [0.1, 0.15) is 74.1 Å². The smallest absolute Gasteiger partial charge is 0.344 e. The molecule has 1 aliphatic carbocycles. The minimum absolute atomic E-state index is 0.0622. The summed E-state index contributed by atoms with van der Waals surface area (Å²) in [6.45, 7) is 4.95. The van der Waals surface area contributed by atoms with Crippen molar-refractivity contribution in [3.63, 3.8) is 0 Å². The van der Waals surface area contributed by atoms with Gasteiger partial charge in [-0.25, -0.2) is 0 Å². The Morgan fingerprint density at radius 1 is 0.768 bits per heavy atom. The number of fused-ring (bicyclic) bond motifs is 1. The monoisotopic (exact) mass is 815 g/mol. The number of halogens is 7. The third kappa shape index (κ3) is 13.9. The van der Waals surface area contributed by atoms with Crippen LogP contribution in [0.15, 0.2) is 48.5 Å². The lowest BCUT2D eigenvalue weighted by Crippen LogP contribution is -2.60. The average Bonchev–Trinajstić information content (AvgIpc) is 3.87. The molecule has 6 rings (SSSR count). The third-order valence-electron chi connectivity index (χ3n) is 10.4. The Morgan fingerprint density at radius 3 is 1.89 bits per heavy atom. The van der Waals surface area contributed by atoms with Gasteiger partial charge in [0.05, 0.1) is 6.04 Å². The highest BCUT2D eigenvalue weighted by molar-refractivity contribution is 6.30. The first-order valence-corrected chi connectivity index (χ1v) is 19.2. The number of carbonyl (C=O) groups excluding carboxylic acids is 5.